The Labute approximate surface area is 215 Å². The molecule has 0 radical (unpaired) electrons. The molecule has 0 aliphatic heterocycles. The Balaban J connectivity index is 2.10. The van der Waals surface area contributed by atoms with E-state index in [-0.39, 0.29) is 0 Å². The van der Waals surface area contributed by atoms with E-state index in [2.05, 4.69) is 12.6 Å². The molecule has 0 spiro atoms. The van der Waals surface area contributed by atoms with Gasteiger partial charge in [-0.1, -0.05) is 48.0 Å². The van der Waals surface area contributed by atoms with Crippen molar-refractivity contribution in [3.8, 4) is 23.3 Å². The second-order valence-corrected chi connectivity index (χ2v) is 8.30. The smallest absolute Gasteiger partial charge is 0.203 e. The monoisotopic (exact) mass is 509 g/mol. The number of benzene rings is 3. The number of ether oxygens (including phenoxy) is 3. The summed E-state index contributed by atoms with van der Waals surface area (Å²) in [6, 6.07) is 18.4. The summed E-state index contributed by atoms with van der Waals surface area (Å²) in [4.78, 5) is 1.84. The summed E-state index contributed by atoms with van der Waals surface area (Å²) in [5.41, 5.74) is 9.73. The molecule has 0 aliphatic carbocycles. The maximum absolute atomic E-state index is 10.1. The van der Waals surface area contributed by atoms with E-state index in [1.54, 1.807) is 36.4 Å². The maximum Gasteiger partial charge on any atom is 0.203 e. The van der Waals surface area contributed by atoms with Crippen molar-refractivity contribution in [1.82, 2.24) is 0 Å². The van der Waals surface area contributed by atoms with Gasteiger partial charge in [0, 0.05) is 16.6 Å². The molecule has 3 aromatic rings. The number of anilines is 2. The Kier molecular flexibility index (Phi) is 8.53. The van der Waals surface area contributed by atoms with Crippen molar-refractivity contribution in [3.05, 3.63) is 93.6 Å². The molecule has 0 unspecified atom stereocenters. The SMILES string of the molecule is C=C(/C(C#N)=C/c1cc(OC)c(OC)c(OC)c1)N(Cc1ccc(Cl)cc1Cl)c1ccccc1N. The lowest BCUT2D eigenvalue weighted by molar-refractivity contribution is 0.324. The first-order chi connectivity index (χ1) is 16.8. The van der Waals surface area contributed by atoms with Gasteiger partial charge in [0.15, 0.2) is 11.5 Å². The van der Waals surface area contributed by atoms with Gasteiger partial charge in [0.25, 0.3) is 0 Å². The molecule has 8 heteroatoms. The van der Waals surface area contributed by atoms with Crippen LogP contribution >= 0.6 is 23.2 Å². The zero-order valence-electron chi connectivity index (χ0n) is 19.6. The lowest BCUT2D eigenvalue weighted by Gasteiger charge is -2.28. The van der Waals surface area contributed by atoms with E-state index in [1.165, 1.54) is 21.3 Å². The first-order valence-electron chi connectivity index (χ1n) is 10.5. The van der Waals surface area contributed by atoms with Gasteiger partial charge in [0.2, 0.25) is 5.75 Å². The van der Waals surface area contributed by atoms with E-state index in [9.17, 15) is 5.26 Å². The normalized spacial score (nSPS) is 10.9. The van der Waals surface area contributed by atoms with E-state index in [4.69, 9.17) is 43.1 Å². The molecule has 3 aromatic carbocycles. The Hall–Kier alpha value is -3.79. The van der Waals surface area contributed by atoms with Gasteiger partial charge in [-0.05, 0) is 53.6 Å². The molecule has 0 heterocycles. The van der Waals surface area contributed by atoms with Crippen LogP contribution in [0.2, 0.25) is 10.0 Å². The van der Waals surface area contributed by atoms with Crippen LogP contribution in [0.15, 0.2) is 72.4 Å². The zero-order chi connectivity index (χ0) is 25.5. The molecule has 0 aromatic heterocycles. The summed E-state index contributed by atoms with van der Waals surface area (Å²) in [7, 11) is 4.60. The van der Waals surface area contributed by atoms with Crippen molar-refractivity contribution in [1.29, 1.82) is 5.26 Å². The quantitative estimate of drug-likeness (QED) is 0.195. The van der Waals surface area contributed by atoms with Crippen LogP contribution in [0.1, 0.15) is 11.1 Å². The topological polar surface area (TPSA) is 80.7 Å². The van der Waals surface area contributed by atoms with E-state index in [1.807, 2.05) is 29.2 Å². The lowest BCUT2D eigenvalue weighted by Crippen LogP contribution is -2.23. The number of hydrogen-bond acceptors (Lipinski definition) is 6. The van der Waals surface area contributed by atoms with Crippen LogP contribution in [-0.2, 0) is 6.54 Å². The van der Waals surface area contributed by atoms with Crippen molar-refractivity contribution in [2.45, 2.75) is 6.54 Å². The molecule has 0 aliphatic rings. The number of nitriles is 1. The van der Waals surface area contributed by atoms with Crippen LogP contribution in [0.25, 0.3) is 6.08 Å². The maximum atomic E-state index is 10.1. The third-order valence-corrected chi connectivity index (χ3v) is 5.91. The predicted molar refractivity (Wildman–Crippen MR) is 142 cm³/mol. The summed E-state index contributed by atoms with van der Waals surface area (Å²) in [6.07, 6.45) is 1.70. The van der Waals surface area contributed by atoms with E-state index in [0.29, 0.717) is 62.0 Å². The van der Waals surface area contributed by atoms with E-state index in [0.717, 1.165) is 5.56 Å². The standard InChI is InChI=1S/C27H25Cl2N3O3/c1-17(20(15-30)11-18-12-25(33-2)27(35-4)26(13-18)34-3)32(24-8-6-5-7-23(24)31)16-19-9-10-21(28)14-22(19)29/h5-14H,1,16,31H2,2-4H3/b20-11+. The average Bonchev–Trinajstić information content (AvgIpc) is 2.86. The Morgan fingerprint density at radius 3 is 2.23 bits per heavy atom. The summed E-state index contributed by atoms with van der Waals surface area (Å²) in [5.74, 6) is 1.40. The Morgan fingerprint density at radius 1 is 1.03 bits per heavy atom. The number of hydrogen-bond donors (Lipinski definition) is 1. The fourth-order valence-corrected chi connectivity index (χ4v) is 4.02. The summed E-state index contributed by atoms with van der Waals surface area (Å²) >= 11 is 12.5. The third-order valence-electron chi connectivity index (χ3n) is 5.33. The lowest BCUT2D eigenvalue weighted by atomic mass is 10.1. The number of rotatable bonds is 9. The van der Waals surface area contributed by atoms with Gasteiger partial charge in [-0.15, -0.1) is 0 Å². The molecule has 0 saturated carbocycles. The van der Waals surface area contributed by atoms with Crippen LogP contribution in [0.3, 0.4) is 0 Å². The fraction of sp³-hybridized carbons (Fsp3) is 0.148. The molecule has 0 bridgehead atoms. The second kappa shape index (κ2) is 11.6. The van der Waals surface area contributed by atoms with Gasteiger partial charge in [-0.2, -0.15) is 5.26 Å². The number of allylic oxidation sites excluding steroid dienone is 1. The minimum atomic E-state index is 0.313. The second-order valence-electron chi connectivity index (χ2n) is 7.46. The minimum Gasteiger partial charge on any atom is -0.493 e. The Bertz CT molecular complexity index is 1290. The van der Waals surface area contributed by atoms with Crippen LogP contribution in [0.5, 0.6) is 17.2 Å². The minimum absolute atomic E-state index is 0.313. The molecule has 6 nitrogen and oxygen atoms in total. The van der Waals surface area contributed by atoms with Gasteiger partial charge in [0.05, 0.1) is 44.0 Å². The van der Waals surface area contributed by atoms with Crippen molar-refractivity contribution < 1.29 is 14.2 Å². The summed E-state index contributed by atoms with van der Waals surface area (Å²) < 4.78 is 16.3. The highest BCUT2D eigenvalue weighted by molar-refractivity contribution is 6.35. The highest BCUT2D eigenvalue weighted by Crippen LogP contribution is 2.39. The number of nitrogens with zero attached hydrogens (tertiary/aromatic N) is 2. The molecule has 35 heavy (non-hydrogen) atoms. The van der Waals surface area contributed by atoms with Crippen LogP contribution in [0.4, 0.5) is 11.4 Å². The molecule has 0 amide bonds. The van der Waals surface area contributed by atoms with Gasteiger partial charge >= 0.3 is 0 Å². The number of nitrogen functional groups attached to an aromatic ring is 1. The first kappa shape index (κ1) is 25.8. The number of para-hydroxylation sites is 2. The van der Waals surface area contributed by atoms with Gasteiger partial charge < -0.3 is 24.8 Å². The molecular weight excluding hydrogens is 485 g/mol. The number of methoxy groups -OCH3 is 3. The van der Waals surface area contributed by atoms with Crippen molar-refractivity contribution in [3.63, 3.8) is 0 Å². The zero-order valence-corrected chi connectivity index (χ0v) is 21.2. The van der Waals surface area contributed by atoms with E-state index < -0.39 is 0 Å². The van der Waals surface area contributed by atoms with Gasteiger partial charge in [-0.25, -0.2) is 0 Å². The number of nitrogens with two attached hydrogens (primary N) is 1. The number of halogens is 2. The average molecular weight is 510 g/mol. The van der Waals surface area contributed by atoms with Crippen molar-refractivity contribution in [2.75, 3.05) is 32.0 Å². The Morgan fingerprint density at radius 2 is 1.69 bits per heavy atom. The molecule has 2 N–H and O–H groups in total. The molecule has 3 rings (SSSR count). The largest absolute Gasteiger partial charge is 0.493 e. The molecule has 0 fully saturated rings. The third kappa shape index (κ3) is 5.83. The summed E-state index contributed by atoms with van der Waals surface area (Å²) in [6.45, 7) is 4.54. The molecule has 180 valence electrons. The van der Waals surface area contributed by atoms with Crippen LogP contribution in [0, 0.1) is 11.3 Å². The molecule has 0 saturated heterocycles. The molecular formula is C27H25Cl2N3O3. The van der Waals surface area contributed by atoms with E-state index >= 15 is 0 Å². The van der Waals surface area contributed by atoms with Crippen molar-refractivity contribution in [2.24, 2.45) is 0 Å². The summed E-state index contributed by atoms with van der Waals surface area (Å²) in [5, 5.41) is 11.1. The molecule has 0 atom stereocenters. The van der Waals surface area contributed by atoms with Crippen molar-refractivity contribution >= 4 is 40.7 Å². The fourth-order valence-electron chi connectivity index (χ4n) is 3.56. The highest BCUT2D eigenvalue weighted by atomic mass is 35.5. The highest BCUT2D eigenvalue weighted by Gasteiger charge is 2.19. The van der Waals surface area contributed by atoms with Gasteiger partial charge in [-0.3, -0.25) is 0 Å². The first-order valence-corrected chi connectivity index (χ1v) is 11.3. The van der Waals surface area contributed by atoms with Crippen LogP contribution in [-0.4, -0.2) is 21.3 Å². The predicted octanol–water partition coefficient (Wildman–Crippen LogP) is 6.73. The van der Waals surface area contributed by atoms with Crippen LogP contribution < -0.4 is 24.8 Å². The van der Waals surface area contributed by atoms with Gasteiger partial charge in [0.1, 0.15) is 6.07 Å².